The van der Waals surface area contributed by atoms with E-state index in [1.165, 1.54) is 11.5 Å². The van der Waals surface area contributed by atoms with E-state index < -0.39 is 0 Å². The minimum atomic E-state index is 0.0972. The van der Waals surface area contributed by atoms with Crippen molar-refractivity contribution in [3.05, 3.63) is 10.6 Å². The molecular formula is C12H18BrN3OS. The third-order valence-corrected chi connectivity index (χ3v) is 5.43. The zero-order valence-electron chi connectivity index (χ0n) is 10.9. The van der Waals surface area contributed by atoms with Gasteiger partial charge in [0, 0.05) is 17.9 Å². The fourth-order valence-electron chi connectivity index (χ4n) is 2.17. The van der Waals surface area contributed by atoms with Gasteiger partial charge in [-0.2, -0.15) is 0 Å². The minimum Gasteiger partial charge on any atom is -0.337 e. The van der Waals surface area contributed by atoms with Crippen molar-refractivity contribution in [1.29, 1.82) is 0 Å². The highest BCUT2D eigenvalue weighted by molar-refractivity contribution is 9.09. The molecule has 1 aliphatic rings. The standard InChI is InChI=1S/C12H18BrN3OS/c1-7(2)10-11(18-15-14-10)12(17)16-5-4-9(13)8(3)6-16/h7-9H,4-6H2,1-3H3. The van der Waals surface area contributed by atoms with E-state index in [0.717, 1.165) is 25.2 Å². The molecule has 2 unspecified atom stereocenters. The van der Waals surface area contributed by atoms with Crippen LogP contribution in [0.2, 0.25) is 0 Å². The first-order valence-corrected chi connectivity index (χ1v) is 7.95. The van der Waals surface area contributed by atoms with Crippen molar-refractivity contribution < 1.29 is 4.79 Å². The van der Waals surface area contributed by atoms with E-state index >= 15 is 0 Å². The first kappa shape index (κ1) is 13.9. The van der Waals surface area contributed by atoms with Crippen LogP contribution in [-0.2, 0) is 0 Å². The minimum absolute atomic E-state index is 0.0972. The molecule has 100 valence electrons. The Labute approximate surface area is 120 Å². The number of carbonyl (C=O) groups excluding carboxylic acids is 1. The normalized spacial score (nSPS) is 24.6. The van der Waals surface area contributed by atoms with Crippen molar-refractivity contribution in [2.24, 2.45) is 5.92 Å². The summed E-state index contributed by atoms with van der Waals surface area (Å²) in [6.07, 6.45) is 1.01. The Hall–Kier alpha value is -0.490. The molecule has 6 heteroatoms. The molecule has 0 N–H and O–H groups in total. The molecule has 1 amide bonds. The fourth-order valence-corrected chi connectivity index (χ4v) is 3.33. The topological polar surface area (TPSA) is 46.1 Å². The summed E-state index contributed by atoms with van der Waals surface area (Å²) in [5.41, 5.74) is 0.832. The lowest BCUT2D eigenvalue weighted by atomic mass is 9.99. The number of hydrogen-bond acceptors (Lipinski definition) is 4. The molecule has 2 atom stereocenters. The van der Waals surface area contributed by atoms with E-state index in [1.807, 2.05) is 18.7 Å². The van der Waals surface area contributed by atoms with Crippen molar-refractivity contribution in [3.63, 3.8) is 0 Å². The monoisotopic (exact) mass is 331 g/mol. The lowest BCUT2D eigenvalue weighted by molar-refractivity contribution is 0.0693. The zero-order valence-corrected chi connectivity index (χ0v) is 13.3. The molecule has 0 spiro atoms. The van der Waals surface area contributed by atoms with Crippen LogP contribution in [0.1, 0.15) is 48.5 Å². The molecule has 1 aromatic heterocycles. The molecule has 1 fully saturated rings. The van der Waals surface area contributed by atoms with E-state index in [4.69, 9.17) is 0 Å². The van der Waals surface area contributed by atoms with Crippen LogP contribution in [0.25, 0.3) is 0 Å². The van der Waals surface area contributed by atoms with Crippen LogP contribution in [0.5, 0.6) is 0 Å². The molecule has 1 aromatic rings. The van der Waals surface area contributed by atoms with E-state index in [1.54, 1.807) is 0 Å². The van der Waals surface area contributed by atoms with Gasteiger partial charge < -0.3 is 4.90 Å². The summed E-state index contributed by atoms with van der Waals surface area (Å²) in [7, 11) is 0. The summed E-state index contributed by atoms with van der Waals surface area (Å²) in [4.78, 5) is 15.6. The number of halogens is 1. The maximum Gasteiger partial charge on any atom is 0.267 e. The Kier molecular flexibility index (Phi) is 4.37. The molecule has 0 bridgehead atoms. The second kappa shape index (κ2) is 5.65. The number of hydrogen-bond donors (Lipinski definition) is 0. The number of aromatic nitrogens is 2. The average molecular weight is 332 g/mol. The van der Waals surface area contributed by atoms with Crippen LogP contribution in [-0.4, -0.2) is 38.3 Å². The number of rotatable bonds is 2. The average Bonchev–Trinajstić information content (AvgIpc) is 2.81. The fraction of sp³-hybridized carbons (Fsp3) is 0.750. The van der Waals surface area contributed by atoms with Gasteiger partial charge in [0.15, 0.2) is 0 Å². The smallest absolute Gasteiger partial charge is 0.267 e. The Morgan fingerprint density at radius 2 is 2.28 bits per heavy atom. The number of nitrogens with zero attached hydrogens (tertiary/aromatic N) is 3. The van der Waals surface area contributed by atoms with Crippen LogP contribution in [0, 0.1) is 5.92 Å². The van der Waals surface area contributed by atoms with Gasteiger partial charge in [0.25, 0.3) is 5.91 Å². The van der Waals surface area contributed by atoms with E-state index in [-0.39, 0.29) is 11.8 Å². The molecule has 18 heavy (non-hydrogen) atoms. The SMILES string of the molecule is CC(C)c1nnsc1C(=O)N1CCC(Br)C(C)C1. The third-order valence-electron chi connectivity index (χ3n) is 3.34. The number of likely N-dealkylation sites (tertiary alicyclic amines) is 1. The van der Waals surface area contributed by atoms with Gasteiger partial charge in [-0.25, -0.2) is 0 Å². The number of carbonyl (C=O) groups is 1. The van der Waals surface area contributed by atoms with Crippen molar-refractivity contribution in [1.82, 2.24) is 14.5 Å². The van der Waals surface area contributed by atoms with Gasteiger partial charge in [-0.3, -0.25) is 4.79 Å². The largest absolute Gasteiger partial charge is 0.337 e. The van der Waals surface area contributed by atoms with Crippen LogP contribution in [0.15, 0.2) is 0 Å². The molecule has 4 nitrogen and oxygen atoms in total. The summed E-state index contributed by atoms with van der Waals surface area (Å²) in [5, 5.41) is 4.08. The van der Waals surface area contributed by atoms with Crippen molar-refractivity contribution in [2.45, 2.75) is 37.9 Å². The first-order chi connectivity index (χ1) is 8.50. The lowest BCUT2D eigenvalue weighted by Gasteiger charge is -2.34. The summed E-state index contributed by atoms with van der Waals surface area (Å²) in [6, 6.07) is 0. The van der Waals surface area contributed by atoms with Gasteiger partial charge in [0.2, 0.25) is 0 Å². The Bertz CT molecular complexity index is 435. The number of piperidine rings is 1. The predicted octanol–water partition coefficient (Wildman–Crippen LogP) is 2.91. The molecule has 2 heterocycles. The van der Waals surface area contributed by atoms with E-state index in [9.17, 15) is 4.79 Å². The molecule has 1 saturated heterocycles. The van der Waals surface area contributed by atoms with Gasteiger partial charge in [-0.05, 0) is 29.8 Å². The summed E-state index contributed by atoms with van der Waals surface area (Å²) in [5.74, 6) is 0.833. The second-order valence-corrected chi connectivity index (χ2v) is 7.11. The van der Waals surface area contributed by atoms with Gasteiger partial charge in [0.1, 0.15) is 4.88 Å². The zero-order chi connectivity index (χ0) is 13.3. The Balaban J connectivity index is 2.14. The summed E-state index contributed by atoms with van der Waals surface area (Å²) in [6.45, 7) is 7.88. The predicted molar refractivity (Wildman–Crippen MR) is 76.4 cm³/mol. The quantitative estimate of drug-likeness (QED) is 0.783. The van der Waals surface area contributed by atoms with Crippen molar-refractivity contribution >= 4 is 33.4 Å². The van der Waals surface area contributed by atoms with E-state index in [2.05, 4.69) is 32.4 Å². The highest BCUT2D eigenvalue weighted by Crippen LogP contribution is 2.27. The summed E-state index contributed by atoms with van der Waals surface area (Å²) >= 11 is 4.87. The number of amides is 1. The first-order valence-electron chi connectivity index (χ1n) is 6.26. The molecule has 0 aromatic carbocycles. The maximum atomic E-state index is 12.5. The van der Waals surface area contributed by atoms with Crippen LogP contribution in [0.3, 0.4) is 0 Å². The van der Waals surface area contributed by atoms with Crippen LogP contribution >= 0.6 is 27.5 Å². The molecular weight excluding hydrogens is 314 g/mol. The van der Waals surface area contributed by atoms with E-state index in [0.29, 0.717) is 15.6 Å². The van der Waals surface area contributed by atoms with Crippen LogP contribution < -0.4 is 0 Å². The van der Waals surface area contributed by atoms with Gasteiger partial charge in [-0.1, -0.05) is 41.2 Å². The highest BCUT2D eigenvalue weighted by atomic mass is 79.9. The molecule has 1 aliphatic heterocycles. The van der Waals surface area contributed by atoms with Gasteiger partial charge in [-0.15, -0.1) is 5.10 Å². The second-order valence-electron chi connectivity index (χ2n) is 5.18. The molecule has 0 saturated carbocycles. The Morgan fingerprint density at radius 1 is 1.56 bits per heavy atom. The molecule has 0 aliphatic carbocycles. The van der Waals surface area contributed by atoms with Gasteiger partial charge >= 0.3 is 0 Å². The van der Waals surface area contributed by atoms with Crippen molar-refractivity contribution in [2.75, 3.05) is 13.1 Å². The molecule has 0 radical (unpaired) electrons. The maximum absolute atomic E-state index is 12.5. The molecule has 2 rings (SSSR count). The third kappa shape index (κ3) is 2.74. The van der Waals surface area contributed by atoms with Crippen LogP contribution in [0.4, 0.5) is 0 Å². The number of alkyl halides is 1. The lowest BCUT2D eigenvalue weighted by Crippen LogP contribution is -2.43. The van der Waals surface area contributed by atoms with Gasteiger partial charge in [0.05, 0.1) is 5.69 Å². The highest BCUT2D eigenvalue weighted by Gasteiger charge is 2.30. The van der Waals surface area contributed by atoms with Crippen molar-refractivity contribution in [3.8, 4) is 0 Å². The Morgan fingerprint density at radius 3 is 2.89 bits per heavy atom. The summed E-state index contributed by atoms with van der Waals surface area (Å²) < 4.78 is 3.93.